The van der Waals surface area contributed by atoms with Gasteiger partial charge in [0.15, 0.2) is 18.1 Å². The van der Waals surface area contributed by atoms with E-state index in [-0.39, 0.29) is 47.9 Å². The Bertz CT molecular complexity index is 1190. The van der Waals surface area contributed by atoms with E-state index in [0.29, 0.717) is 17.0 Å². The highest BCUT2D eigenvalue weighted by molar-refractivity contribution is 5.97. The molecule has 0 fully saturated rings. The number of anilines is 3. The molecule has 1 aliphatic rings. The van der Waals surface area contributed by atoms with E-state index in [1.165, 1.54) is 0 Å². The SMILES string of the molecule is Nc1nc(N)n2c(C(=O)O)cc(C(=O)NCc3ccc4c(c3)NC(=O)CO4)nc12. The van der Waals surface area contributed by atoms with Crippen LogP contribution in [0.15, 0.2) is 24.3 Å². The second-order valence-corrected chi connectivity index (χ2v) is 6.20. The maximum Gasteiger partial charge on any atom is 0.353 e. The molecule has 0 spiro atoms. The summed E-state index contributed by atoms with van der Waals surface area (Å²) < 4.78 is 6.34. The van der Waals surface area contributed by atoms with Crippen molar-refractivity contribution < 1.29 is 24.2 Å². The number of aromatic carboxylic acids is 1. The quantitative estimate of drug-likeness (QED) is 0.399. The van der Waals surface area contributed by atoms with Gasteiger partial charge in [0.25, 0.3) is 11.8 Å². The Kier molecular flexibility index (Phi) is 4.15. The van der Waals surface area contributed by atoms with Crippen molar-refractivity contribution in [3.05, 3.63) is 41.2 Å². The molecule has 4 rings (SSSR count). The highest BCUT2D eigenvalue weighted by atomic mass is 16.5. The smallest absolute Gasteiger partial charge is 0.353 e. The van der Waals surface area contributed by atoms with Crippen molar-refractivity contribution in [2.45, 2.75) is 6.54 Å². The Morgan fingerprint density at radius 3 is 2.83 bits per heavy atom. The summed E-state index contributed by atoms with van der Waals surface area (Å²) >= 11 is 0. The predicted molar refractivity (Wildman–Crippen MR) is 101 cm³/mol. The number of carbonyl (C=O) groups is 3. The number of rotatable bonds is 4. The molecule has 12 nitrogen and oxygen atoms in total. The van der Waals surface area contributed by atoms with Crippen LogP contribution in [0.2, 0.25) is 0 Å². The van der Waals surface area contributed by atoms with E-state index in [1.807, 2.05) is 0 Å². The molecule has 0 atom stereocenters. The number of carboxylic acid groups (broad SMARTS) is 1. The number of nitrogens with zero attached hydrogens (tertiary/aromatic N) is 3. The van der Waals surface area contributed by atoms with Crippen molar-refractivity contribution in [3.8, 4) is 5.75 Å². The lowest BCUT2D eigenvalue weighted by Crippen LogP contribution is -2.27. The third-order valence-electron chi connectivity index (χ3n) is 4.23. The summed E-state index contributed by atoms with van der Waals surface area (Å²) in [6.07, 6.45) is 0. The third kappa shape index (κ3) is 3.22. The molecule has 2 aromatic heterocycles. The van der Waals surface area contributed by atoms with Crippen molar-refractivity contribution in [1.29, 1.82) is 0 Å². The topological polar surface area (TPSA) is 187 Å². The average molecular weight is 397 g/mol. The van der Waals surface area contributed by atoms with Crippen LogP contribution in [-0.4, -0.2) is 43.9 Å². The average Bonchev–Trinajstić information content (AvgIpc) is 2.98. The van der Waals surface area contributed by atoms with E-state index in [9.17, 15) is 19.5 Å². The van der Waals surface area contributed by atoms with Crippen molar-refractivity contribution in [2.24, 2.45) is 0 Å². The zero-order chi connectivity index (χ0) is 20.7. The van der Waals surface area contributed by atoms with Crippen molar-refractivity contribution in [1.82, 2.24) is 19.7 Å². The number of imidazole rings is 1. The fourth-order valence-electron chi connectivity index (χ4n) is 2.92. The molecule has 0 unspecified atom stereocenters. The van der Waals surface area contributed by atoms with Crippen molar-refractivity contribution in [3.63, 3.8) is 0 Å². The Morgan fingerprint density at radius 1 is 1.28 bits per heavy atom. The molecule has 1 aromatic carbocycles. The summed E-state index contributed by atoms with van der Waals surface area (Å²) in [5, 5.41) is 14.7. The molecule has 29 heavy (non-hydrogen) atoms. The van der Waals surface area contributed by atoms with E-state index in [4.69, 9.17) is 16.2 Å². The Morgan fingerprint density at radius 2 is 2.07 bits per heavy atom. The molecule has 0 saturated carbocycles. The second kappa shape index (κ2) is 6.67. The summed E-state index contributed by atoms with van der Waals surface area (Å²) in [7, 11) is 0. The van der Waals surface area contributed by atoms with E-state index in [1.54, 1.807) is 18.2 Å². The summed E-state index contributed by atoms with van der Waals surface area (Å²) in [4.78, 5) is 43.4. The number of benzene rings is 1. The molecular formula is C17H15N7O5. The van der Waals surface area contributed by atoms with Gasteiger partial charge in [-0.1, -0.05) is 6.07 Å². The normalized spacial score (nSPS) is 12.8. The van der Waals surface area contributed by atoms with Crippen LogP contribution in [0.5, 0.6) is 5.75 Å². The number of carbonyl (C=O) groups excluding carboxylic acids is 2. The van der Waals surface area contributed by atoms with Gasteiger partial charge in [0.1, 0.15) is 17.1 Å². The first-order chi connectivity index (χ1) is 13.8. The molecule has 0 radical (unpaired) electrons. The fraction of sp³-hybridized carbons (Fsp3) is 0.118. The minimum absolute atomic E-state index is 0.0267. The number of ether oxygens (including phenoxy) is 1. The molecule has 1 aliphatic heterocycles. The number of nitrogens with one attached hydrogen (secondary N) is 2. The van der Waals surface area contributed by atoms with Gasteiger partial charge in [-0.25, -0.2) is 9.78 Å². The summed E-state index contributed by atoms with van der Waals surface area (Å²) in [6.45, 7) is 0.0551. The van der Waals surface area contributed by atoms with Crippen LogP contribution in [0.25, 0.3) is 5.65 Å². The molecule has 2 amide bonds. The number of aromatic nitrogens is 3. The molecule has 3 aromatic rings. The minimum Gasteiger partial charge on any atom is -0.482 e. The standard InChI is InChI=1S/C17H15N7O5/c18-13-14-22-9(4-10(16(27)28)24(14)17(19)23-13)15(26)20-5-7-1-2-11-8(3-7)21-12(25)6-29-11/h1-4H,5-6,18H2,(H2,19,23)(H,20,26)(H,21,25)(H,27,28). The fourth-order valence-corrected chi connectivity index (χ4v) is 2.92. The largest absolute Gasteiger partial charge is 0.482 e. The lowest BCUT2D eigenvalue weighted by molar-refractivity contribution is -0.118. The predicted octanol–water partition coefficient (Wildman–Crippen LogP) is -0.147. The van der Waals surface area contributed by atoms with Gasteiger partial charge in [-0.05, 0) is 17.7 Å². The first-order valence-electron chi connectivity index (χ1n) is 8.35. The van der Waals surface area contributed by atoms with E-state index in [2.05, 4.69) is 20.6 Å². The van der Waals surface area contributed by atoms with Gasteiger partial charge in [0.2, 0.25) is 5.95 Å². The highest BCUT2D eigenvalue weighted by Crippen LogP contribution is 2.28. The first kappa shape index (κ1) is 18.0. The number of nitrogen functional groups attached to an aromatic ring is 2. The zero-order valence-electron chi connectivity index (χ0n) is 14.8. The van der Waals surface area contributed by atoms with Gasteiger partial charge in [0, 0.05) is 12.6 Å². The van der Waals surface area contributed by atoms with Gasteiger partial charge < -0.3 is 31.9 Å². The first-order valence-corrected chi connectivity index (χ1v) is 8.35. The van der Waals surface area contributed by atoms with Crippen LogP contribution >= 0.6 is 0 Å². The number of hydrogen-bond acceptors (Lipinski definition) is 8. The van der Waals surface area contributed by atoms with Gasteiger partial charge in [-0.15, -0.1) is 0 Å². The Balaban J connectivity index is 1.58. The molecule has 0 bridgehead atoms. The summed E-state index contributed by atoms with van der Waals surface area (Å²) in [6, 6.07) is 6.16. The Labute approximate surface area is 162 Å². The zero-order valence-corrected chi connectivity index (χ0v) is 14.8. The van der Waals surface area contributed by atoms with Gasteiger partial charge in [0.05, 0.1) is 5.69 Å². The van der Waals surface area contributed by atoms with E-state index >= 15 is 0 Å². The lowest BCUT2D eigenvalue weighted by Gasteiger charge is -2.18. The van der Waals surface area contributed by atoms with Gasteiger partial charge in [-0.2, -0.15) is 4.98 Å². The number of fused-ring (bicyclic) bond motifs is 2. The summed E-state index contributed by atoms with van der Waals surface area (Å²) in [5.41, 5.74) is 12.1. The molecule has 0 aliphatic carbocycles. The van der Waals surface area contributed by atoms with Gasteiger partial charge in [-0.3, -0.25) is 14.0 Å². The Hall–Kier alpha value is -4.35. The van der Waals surface area contributed by atoms with Crippen LogP contribution in [0.1, 0.15) is 26.5 Å². The molecule has 12 heteroatoms. The van der Waals surface area contributed by atoms with E-state index < -0.39 is 11.9 Å². The number of amides is 2. The van der Waals surface area contributed by atoms with Crippen LogP contribution < -0.4 is 26.8 Å². The molecule has 0 saturated heterocycles. The highest BCUT2D eigenvalue weighted by Gasteiger charge is 2.21. The van der Waals surface area contributed by atoms with E-state index in [0.717, 1.165) is 10.5 Å². The number of hydrogen-bond donors (Lipinski definition) is 5. The summed E-state index contributed by atoms with van der Waals surface area (Å²) in [5.74, 6) is -1.91. The maximum atomic E-state index is 12.5. The minimum atomic E-state index is -1.32. The molecule has 7 N–H and O–H groups in total. The van der Waals surface area contributed by atoms with Crippen LogP contribution in [0, 0.1) is 0 Å². The number of carboxylic acids is 1. The molecule has 148 valence electrons. The molecule has 3 heterocycles. The third-order valence-corrected chi connectivity index (χ3v) is 4.23. The maximum absolute atomic E-state index is 12.5. The van der Waals surface area contributed by atoms with Gasteiger partial charge >= 0.3 is 5.97 Å². The van der Waals surface area contributed by atoms with Crippen LogP contribution in [0.3, 0.4) is 0 Å². The van der Waals surface area contributed by atoms with Crippen LogP contribution in [-0.2, 0) is 11.3 Å². The van der Waals surface area contributed by atoms with Crippen LogP contribution in [0.4, 0.5) is 17.5 Å². The monoisotopic (exact) mass is 397 g/mol. The van der Waals surface area contributed by atoms with Crippen molar-refractivity contribution in [2.75, 3.05) is 23.4 Å². The lowest BCUT2D eigenvalue weighted by atomic mass is 10.1. The molecular weight excluding hydrogens is 382 g/mol. The second-order valence-electron chi connectivity index (χ2n) is 6.20. The van der Waals surface area contributed by atoms with Crippen molar-refractivity contribution >= 4 is 40.9 Å². The number of nitrogens with two attached hydrogens (primary N) is 2.